The van der Waals surface area contributed by atoms with Gasteiger partial charge in [-0.1, -0.05) is 36.6 Å². The molecule has 38 heavy (non-hydrogen) atoms. The highest BCUT2D eigenvalue weighted by molar-refractivity contribution is 7.88. The van der Waals surface area contributed by atoms with E-state index in [1.54, 1.807) is 31.6 Å². The highest BCUT2D eigenvalue weighted by Gasteiger charge is 2.24. The van der Waals surface area contributed by atoms with Crippen LogP contribution in [0.5, 0.6) is 0 Å². The lowest BCUT2D eigenvalue weighted by Gasteiger charge is -2.26. The number of anilines is 1. The molecule has 2 rings (SSSR count). The molecule has 1 aliphatic rings. The second-order valence-corrected chi connectivity index (χ2v) is 11.4. The lowest BCUT2D eigenvalue weighted by molar-refractivity contribution is -0.112. The normalized spacial score (nSPS) is 14.6. The van der Waals surface area contributed by atoms with E-state index in [4.69, 9.17) is 19.0 Å². The highest BCUT2D eigenvalue weighted by Crippen LogP contribution is 2.24. The molecular weight excluding hydrogens is 512 g/mol. The van der Waals surface area contributed by atoms with Gasteiger partial charge in [-0.3, -0.25) is 9.82 Å². The number of aromatic nitrogens is 1. The molecule has 2 N–H and O–H groups in total. The maximum atomic E-state index is 13.0. The van der Waals surface area contributed by atoms with Crippen molar-refractivity contribution in [3.63, 3.8) is 0 Å². The Morgan fingerprint density at radius 3 is 2.39 bits per heavy atom. The zero-order valence-electron chi connectivity index (χ0n) is 22.8. The van der Waals surface area contributed by atoms with Crippen molar-refractivity contribution in [2.45, 2.75) is 57.8 Å². The van der Waals surface area contributed by atoms with E-state index in [1.165, 1.54) is 19.3 Å². The van der Waals surface area contributed by atoms with Crippen molar-refractivity contribution in [2.24, 2.45) is 5.92 Å². The first-order chi connectivity index (χ1) is 18.5. The molecule has 0 unspecified atom stereocenters. The Balaban J connectivity index is 1.65. The summed E-state index contributed by atoms with van der Waals surface area (Å²) in [4.78, 5) is 21.7. The number of unbranched alkanes of at least 4 members (excludes halogenated alkanes) is 3. The Morgan fingerprint density at radius 2 is 1.66 bits per heavy atom. The molecule has 0 spiro atoms. The quantitative estimate of drug-likeness (QED) is 0.173. The molecule has 1 saturated carbocycles. The van der Waals surface area contributed by atoms with Gasteiger partial charge in [0.25, 0.3) is 0 Å². The van der Waals surface area contributed by atoms with E-state index in [0.717, 1.165) is 36.6 Å². The molecular formula is C26H46N4O7S. The number of hydroxylamine groups is 1. The van der Waals surface area contributed by atoms with E-state index < -0.39 is 10.0 Å². The number of methoxy groups -OCH3 is 1. The van der Waals surface area contributed by atoms with Crippen LogP contribution < -0.4 is 10.6 Å². The number of amides is 2. The number of carbonyl (C=O) groups excluding carboxylic acids is 1. The molecule has 1 fully saturated rings. The third-order valence-corrected chi connectivity index (χ3v) is 7.98. The molecule has 0 bridgehead atoms. The monoisotopic (exact) mass is 558 g/mol. The molecule has 0 saturated heterocycles. The summed E-state index contributed by atoms with van der Waals surface area (Å²) in [6, 6.07) is 3.16. The number of hydrogen-bond donors (Lipinski definition) is 2. The summed E-state index contributed by atoms with van der Waals surface area (Å²) >= 11 is 0. The summed E-state index contributed by atoms with van der Waals surface area (Å²) in [7, 11) is -1.95. The molecule has 12 heteroatoms. The van der Waals surface area contributed by atoms with Gasteiger partial charge in [-0.05, 0) is 43.7 Å². The van der Waals surface area contributed by atoms with E-state index in [0.29, 0.717) is 57.6 Å². The molecule has 11 nitrogen and oxygen atoms in total. The summed E-state index contributed by atoms with van der Waals surface area (Å²) in [5.74, 6) is 0.424. The van der Waals surface area contributed by atoms with Crippen LogP contribution in [-0.2, 0) is 29.1 Å². The first-order valence-corrected chi connectivity index (χ1v) is 15.3. The van der Waals surface area contributed by atoms with Gasteiger partial charge in [0, 0.05) is 31.7 Å². The molecule has 2 amide bonds. The second-order valence-electron chi connectivity index (χ2n) is 9.39. The number of rotatable bonds is 21. The number of nitrogens with one attached hydrogen (secondary N) is 2. The SMILES string of the molecule is COCCOCCOCCN(OCC1CCCCC1)S(=O)(=O)CCCCCCNC(=O)Nc1ccncc1. The van der Waals surface area contributed by atoms with Crippen molar-refractivity contribution in [2.75, 3.05) is 70.9 Å². The van der Waals surface area contributed by atoms with Gasteiger partial charge in [0.15, 0.2) is 0 Å². The first kappa shape index (κ1) is 32.4. The maximum absolute atomic E-state index is 13.0. The summed E-state index contributed by atoms with van der Waals surface area (Å²) in [6.07, 6.45) is 11.8. The van der Waals surface area contributed by atoms with Gasteiger partial charge in [-0.25, -0.2) is 13.2 Å². The predicted molar refractivity (Wildman–Crippen MR) is 146 cm³/mol. The molecule has 218 valence electrons. The maximum Gasteiger partial charge on any atom is 0.319 e. The van der Waals surface area contributed by atoms with Gasteiger partial charge in [0.1, 0.15) is 0 Å². The van der Waals surface area contributed by atoms with Crippen LogP contribution in [0.25, 0.3) is 0 Å². The standard InChI is InChI=1S/C26H46N4O7S/c1-34-18-19-36-21-20-35-17-16-30(37-23-24-9-5-4-6-10-24)38(32,33)22-8-3-2-7-13-28-26(31)29-25-11-14-27-15-12-25/h11-12,14-15,24H,2-10,13,16-23H2,1H3,(H2,27,28,29,31). The van der Waals surface area contributed by atoms with Gasteiger partial charge in [0.05, 0.1) is 51.9 Å². The van der Waals surface area contributed by atoms with E-state index in [-0.39, 0.29) is 24.9 Å². The smallest absolute Gasteiger partial charge is 0.319 e. The molecule has 0 aromatic carbocycles. The highest BCUT2D eigenvalue weighted by atomic mass is 32.2. The van der Waals surface area contributed by atoms with Crippen LogP contribution in [0.4, 0.5) is 10.5 Å². The van der Waals surface area contributed by atoms with E-state index in [1.807, 2.05) is 0 Å². The van der Waals surface area contributed by atoms with Crippen LogP contribution in [0.2, 0.25) is 0 Å². The Kier molecular flexibility index (Phi) is 17.2. The van der Waals surface area contributed by atoms with Crippen molar-refractivity contribution in [1.29, 1.82) is 0 Å². The van der Waals surface area contributed by atoms with E-state index >= 15 is 0 Å². The van der Waals surface area contributed by atoms with E-state index in [2.05, 4.69) is 15.6 Å². The van der Waals surface area contributed by atoms with Crippen LogP contribution >= 0.6 is 0 Å². The molecule has 1 heterocycles. The third-order valence-electron chi connectivity index (χ3n) is 6.26. The third kappa shape index (κ3) is 14.9. The fourth-order valence-electron chi connectivity index (χ4n) is 4.11. The minimum Gasteiger partial charge on any atom is -0.382 e. The van der Waals surface area contributed by atoms with Gasteiger partial charge < -0.3 is 24.8 Å². The topological polar surface area (TPSA) is 128 Å². The number of pyridine rings is 1. The van der Waals surface area contributed by atoms with Gasteiger partial charge >= 0.3 is 6.03 Å². The molecule has 0 atom stereocenters. The lowest BCUT2D eigenvalue weighted by atomic mass is 9.90. The fourth-order valence-corrected chi connectivity index (χ4v) is 5.45. The second kappa shape index (κ2) is 20.1. The van der Waals surface area contributed by atoms with Gasteiger partial charge in [-0.15, -0.1) is 0 Å². The largest absolute Gasteiger partial charge is 0.382 e. The van der Waals surface area contributed by atoms with Crippen molar-refractivity contribution in [1.82, 2.24) is 14.8 Å². The molecule has 1 aromatic heterocycles. The first-order valence-electron chi connectivity index (χ1n) is 13.7. The van der Waals surface area contributed by atoms with E-state index in [9.17, 15) is 13.2 Å². The minimum atomic E-state index is -3.57. The van der Waals surface area contributed by atoms with Crippen molar-refractivity contribution < 1.29 is 32.3 Å². The summed E-state index contributed by atoms with van der Waals surface area (Å²) in [6.45, 7) is 3.18. The average Bonchev–Trinajstić information content (AvgIpc) is 2.92. The Labute approximate surface area is 227 Å². The minimum absolute atomic E-state index is 0.0216. The lowest BCUT2D eigenvalue weighted by Crippen LogP contribution is -2.37. The number of nitrogens with zero attached hydrogens (tertiary/aromatic N) is 2. The summed E-state index contributed by atoms with van der Waals surface area (Å²) in [5, 5.41) is 5.54. The molecule has 1 aromatic rings. The average molecular weight is 559 g/mol. The number of hydrogen-bond acceptors (Lipinski definition) is 8. The van der Waals surface area contributed by atoms with Gasteiger partial charge in [0.2, 0.25) is 10.0 Å². The number of urea groups is 1. The molecule has 1 aliphatic carbocycles. The zero-order valence-corrected chi connectivity index (χ0v) is 23.6. The Morgan fingerprint density at radius 1 is 0.974 bits per heavy atom. The van der Waals surface area contributed by atoms with Crippen molar-refractivity contribution in [3.8, 4) is 0 Å². The van der Waals surface area contributed by atoms with Crippen molar-refractivity contribution in [3.05, 3.63) is 24.5 Å². The van der Waals surface area contributed by atoms with Crippen molar-refractivity contribution >= 4 is 21.7 Å². The Bertz CT molecular complexity index is 839. The zero-order chi connectivity index (χ0) is 27.3. The van der Waals surface area contributed by atoms with Crippen LogP contribution in [0.15, 0.2) is 24.5 Å². The van der Waals surface area contributed by atoms with Crippen LogP contribution in [0, 0.1) is 5.92 Å². The number of sulfonamides is 1. The number of carbonyl (C=O) groups is 1. The molecule has 0 aliphatic heterocycles. The fraction of sp³-hybridized carbons (Fsp3) is 0.769. The summed E-state index contributed by atoms with van der Waals surface area (Å²) in [5.41, 5.74) is 0.679. The number of ether oxygens (including phenoxy) is 3. The Hall–Kier alpha value is -1.83. The van der Waals surface area contributed by atoms with Crippen LogP contribution in [0.3, 0.4) is 0 Å². The predicted octanol–water partition coefficient (Wildman–Crippen LogP) is 3.59. The van der Waals surface area contributed by atoms with Crippen LogP contribution in [-0.4, -0.2) is 89.5 Å². The van der Waals surface area contributed by atoms with Gasteiger partial charge in [-0.2, -0.15) is 0 Å². The summed E-state index contributed by atoms with van der Waals surface area (Å²) < 4.78 is 43.1. The molecule has 0 radical (unpaired) electrons. The van der Waals surface area contributed by atoms with Crippen LogP contribution in [0.1, 0.15) is 57.8 Å².